The van der Waals surface area contributed by atoms with Crippen molar-refractivity contribution in [2.45, 2.75) is 16.1 Å². The largest absolute Gasteiger partial charge is 0.208 e. The van der Waals surface area contributed by atoms with Crippen LogP contribution >= 0.6 is 11.8 Å². The van der Waals surface area contributed by atoms with Gasteiger partial charge in [-0.15, -0.1) is 11.8 Å². The Morgan fingerprint density at radius 1 is 0.538 bits per heavy atom. The van der Waals surface area contributed by atoms with Crippen molar-refractivity contribution < 1.29 is 0 Å². The molecule has 0 bridgehead atoms. The number of hydrogen-bond donors (Lipinski definition) is 0. The van der Waals surface area contributed by atoms with Crippen LogP contribution in [0.2, 0.25) is 0 Å². The summed E-state index contributed by atoms with van der Waals surface area (Å²) in [5.74, 6) is 2.46. The van der Waals surface area contributed by atoms with Crippen molar-refractivity contribution in [3.05, 3.63) is 131 Å². The molecule has 0 saturated heterocycles. The summed E-state index contributed by atoms with van der Waals surface area (Å²) in [7, 11) is 0. The zero-order valence-electron chi connectivity index (χ0n) is 21.0. The zero-order chi connectivity index (χ0) is 25.8. The first kappa shape index (κ1) is 22.4. The van der Waals surface area contributed by atoms with E-state index in [9.17, 15) is 0 Å². The van der Waals surface area contributed by atoms with Crippen LogP contribution in [0.4, 0.5) is 0 Å². The van der Waals surface area contributed by atoms with E-state index in [1.165, 1.54) is 26.3 Å². The number of aromatic nitrogens is 3. The van der Waals surface area contributed by atoms with Gasteiger partial charge < -0.3 is 0 Å². The number of rotatable bonds is 3. The predicted octanol–water partition coefficient (Wildman–Crippen LogP) is 6.86. The number of thioether (sulfide) groups is 1. The first-order valence-corrected chi connectivity index (χ1v) is 14.1. The maximum absolute atomic E-state index is 5.12. The van der Waals surface area contributed by atoms with Crippen molar-refractivity contribution in [2.24, 2.45) is 0 Å². The SMILES string of the molecule is C1=c2cccc(-c3nc(-c4ccccc4)nc(-c4cccc5ccccc45)n3)c2=CC2Sc3ccccc3C12. The smallest absolute Gasteiger partial charge is 0.164 e. The Bertz CT molecular complexity index is 2010. The van der Waals surface area contributed by atoms with Gasteiger partial charge in [0.25, 0.3) is 0 Å². The molecular formula is C35H23N3S. The minimum atomic E-state index is 0.365. The van der Waals surface area contributed by atoms with Crippen LogP contribution in [0, 0.1) is 0 Å². The van der Waals surface area contributed by atoms with Gasteiger partial charge in [-0.3, -0.25) is 0 Å². The molecule has 3 nitrogen and oxygen atoms in total. The highest BCUT2D eigenvalue weighted by atomic mass is 32.2. The minimum Gasteiger partial charge on any atom is -0.208 e. The molecule has 0 saturated carbocycles. The van der Waals surface area contributed by atoms with Crippen LogP contribution in [-0.4, -0.2) is 20.2 Å². The molecule has 2 atom stereocenters. The standard InChI is InChI=1S/C35H23N3S/c1-2-11-23(12-3-1)33-36-34(27-17-8-13-22-10-4-5-15-25(22)27)38-35(37-33)28-18-9-14-24-20-30-26-16-6-7-19-31(26)39-32(30)21-29(24)28/h1-21,30,32H. The van der Waals surface area contributed by atoms with Gasteiger partial charge in [-0.1, -0.05) is 121 Å². The molecule has 39 heavy (non-hydrogen) atoms. The average Bonchev–Trinajstić information content (AvgIpc) is 3.37. The second kappa shape index (κ2) is 9.04. The lowest BCUT2D eigenvalue weighted by Crippen LogP contribution is -2.34. The van der Waals surface area contributed by atoms with E-state index in [1.807, 2.05) is 30.0 Å². The summed E-state index contributed by atoms with van der Waals surface area (Å²) < 4.78 is 0. The number of fused-ring (bicyclic) bond motifs is 5. The molecule has 0 radical (unpaired) electrons. The van der Waals surface area contributed by atoms with Gasteiger partial charge in [0, 0.05) is 32.8 Å². The summed E-state index contributed by atoms with van der Waals surface area (Å²) in [6.45, 7) is 0. The molecule has 1 aliphatic carbocycles. The fourth-order valence-corrected chi connectivity index (χ4v) is 7.17. The number of nitrogens with zero attached hydrogens (tertiary/aromatic N) is 3. The van der Waals surface area contributed by atoms with Crippen LogP contribution < -0.4 is 10.4 Å². The monoisotopic (exact) mass is 517 g/mol. The Morgan fingerprint density at radius 2 is 1.23 bits per heavy atom. The lowest BCUT2D eigenvalue weighted by molar-refractivity contribution is 0.945. The minimum absolute atomic E-state index is 0.365. The van der Waals surface area contributed by atoms with Crippen LogP contribution in [0.25, 0.3) is 57.1 Å². The molecule has 0 amide bonds. The zero-order valence-corrected chi connectivity index (χ0v) is 21.8. The summed E-state index contributed by atoms with van der Waals surface area (Å²) in [5.41, 5.74) is 4.45. The predicted molar refractivity (Wildman–Crippen MR) is 161 cm³/mol. The van der Waals surface area contributed by atoms with E-state index in [0.29, 0.717) is 28.6 Å². The normalized spacial score (nSPS) is 17.0. The third-order valence-corrected chi connectivity index (χ3v) is 8.99. The first-order chi connectivity index (χ1) is 19.3. The van der Waals surface area contributed by atoms with Crippen molar-refractivity contribution in [3.8, 4) is 34.2 Å². The van der Waals surface area contributed by atoms with Crippen molar-refractivity contribution in [1.82, 2.24) is 15.0 Å². The molecule has 2 aliphatic rings. The Labute approximate surface area is 230 Å². The van der Waals surface area contributed by atoms with Gasteiger partial charge in [0.2, 0.25) is 0 Å². The molecule has 2 heterocycles. The van der Waals surface area contributed by atoms with E-state index in [4.69, 9.17) is 15.0 Å². The van der Waals surface area contributed by atoms with E-state index < -0.39 is 0 Å². The quantitative estimate of drug-likeness (QED) is 0.257. The van der Waals surface area contributed by atoms with Crippen LogP contribution in [-0.2, 0) is 0 Å². The number of hydrogen-bond acceptors (Lipinski definition) is 4. The Morgan fingerprint density at radius 3 is 2.15 bits per heavy atom. The van der Waals surface area contributed by atoms with E-state index >= 15 is 0 Å². The van der Waals surface area contributed by atoms with Crippen LogP contribution in [0.1, 0.15) is 11.5 Å². The van der Waals surface area contributed by atoms with Crippen molar-refractivity contribution in [2.75, 3.05) is 0 Å². The van der Waals surface area contributed by atoms with E-state index in [2.05, 4.69) is 109 Å². The third kappa shape index (κ3) is 3.79. The first-order valence-electron chi connectivity index (χ1n) is 13.2. The lowest BCUT2D eigenvalue weighted by Gasteiger charge is -2.18. The Hall–Kier alpha value is -4.54. The maximum atomic E-state index is 5.12. The van der Waals surface area contributed by atoms with E-state index in [-0.39, 0.29) is 0 Å². The maximum Gasteiger partial charge on any atom is 0.164 e. The van der Waals surface area contributed by atoms with Crippen molar-refractivity contribution in [3.63, 3.8) is 0 Å². The summed E-state index contributed by atoms with van der Waals surface area (Å²) in [4.78, 5) is 16.5. The van der Waals surface area contributed by atoms with Gasteiger partial charge in [0.15, 0.2) is 17.5 Å². The molecular weight excluding hydrogens is 494 g/mol. The Balaban J connectivity index is 1.36. The van der Waals surface area contributed by atoms with Gasteiger partial charge >= 0.3 is 0 Å². The van der Waals surface area contributed by atoms with E-state index in [0.717, 1.165) is 22.1 Å². The summed E-state index contributed by atoms with van der Waals surface area (Å²) in [6.07, 6.45) is 4.84. The van der Waals surface area contributed by atoms with Gasteiger partial charge in [0.1, 0.15) is 0 Å². The number of benzene rings is 5. The van der Waals surface area contributed by atoms with E-state index in [1.54, 1.807) is 0 Å². The molecule has 0 spiro atoms. The molecule has 1 aliphatic heterocycles. The van der Waals surface area contributed by atoms with Crippen LogP contribution in [0.15, 0.2) is 120 Å². The van der Waals surface area contributed by atoms with Crippen molar-refractivity contribution in [1.29, 1.82) is 0 Å². The molecule has 1 aromatic heterocycles. The fraction of sp³-hybridized carbons (Fsp3) is 0.0571. The third-order valence-electron chi connectivity index (χ3n) is 7.66. The summed E-state index contributed by atoms with van der Waals surface area (Å²) in [6, 6.07) is 40.2. The Kier molecular flexibility index (Phi) is 5.20. The summed E-state index contributed by atoms with van der Waals surface area (Å²) >= 11 is 1.95. The topological polar surface area (TPSA) is 38.7 Å². The highest BCUT2D eigenvalue weighted by molar-refractivity contribution is 8.00. The second-order valence-electron chi connectivity index (χ2n) is 9.99. The molecule has 4 heteroatoms. The van der Waals surface area contributed by atoms with Crippen LogP contribution in [0.3, 0.4) is 0 Å². The lowest BCUT2D eigenvalue weighted by atomic mass is 9.89. The highest BCUT2D eigenvalue weighted by Crippen LogP contribution is 2.47. The van der Waals surface area contributed by atoms with Gasteiger partial charge in [0.05, 0.1) is 0 Å². The van der Waals surface area contributed by atoms with Gasteiger partial charge in [-0.25, -0.2) is 15.0 Å². The highest BCUT2D eigenvalue weighted by Gasteiger charge is 2.32. The molecule has 2 unspecified atom stereocenters. The molecule has 5 aromatic carbocycles. The second-order valence-corrected chi connectivity index (χ2v) is 11.2. The molecule has 0 fully saturated rings. The van der Waals surface area contributed by atoms with Gasteiger partial charge in [-0.2, -0.15) is 0 Å². The fourth-order valence-electron chi connectivity index (χ4n) is 5.80. The average molecular weight is 518 g/mol. The van der Waals surface area contributed by atoms with Crippen LogP contribution in [0.5, 0.6) is 0 Å². The van der Waals surface area contributed by atoms with Crippen molar-refractivity contribution >= 4 is 34.7 Å². The van der Waals surface area contributed by atoms with Gasteiger partial charge in [-0.05, 0) is 32.8 Å². The molecule has 8 rings (SSSR count). The summed E-state index contributed by atoms with van der Waals surface area (Å²) in [5, 5.41) is 5.10. The molecule has 0 N–H and O–H groups in total. The molecule has 184 valence electrons. The molecule has 6 aromatic rings.